The summed E-state index contributed by atoms with van der Waals surface area (Å²) in [6, 6.07) is 0.530. The second-order valence-corrected chi connectivity index (χ2v) is 2.95. The SMILES string of the molecule is NN1CCC(n2ccnc2)C1. The molecule has 0 spiro atoms. The van der Waals surface area contributed by atoms with Crippen LogP contribution in [-0.4, -0.2) is 27.6 Å². The maximum absolute atomic E-state index is 5.63. The van der Waals surface area contributed by atoms with E-state index >= 15 is 0 Å². The number of hydrogen-bond acceptors (Lipinski definition) is 3. The summed E-state index contributed by atoms with van der Waals surface area (Å²) in [5.74, 6) is 5.63. The Kier molecular flexibility index (Phi) is 1.63. The maximum atomic E-state index is 5.63. The Labute approximate surface area is 65.6 Å². The predicted molar refractivity (Wildman–Crippen MR) is 41.6 cm³/mol. The summed E-state index contributed by atoms with van der Waals surface area (Å²) < 4.78 is 2.12. The monoisotopic (exact) mass is 152 g/mol. The van der Waals surface area contributed by atoms with Crippen LogP contribution < -0.4 is 5.84 Å². The van der Waals surface area contributed by atoms with Crippen LogP contribution in [0.25, 0.3) is 0 Å². The minimum absolute atomic E-state index is 0.530. The minimum Gasteiger partial charge on any atom is -0.333 e. The molecule has 1 aliphatic rings. The number of nitrogens with zero attached hydrogens (tertiary/aromatic N) is 3. The summed E-state index contributed by atoms with van der Waals surface area (Å²) in [7, 11) is 0. The third-order valence-corrected chi connectivity index (χ3v) is 2.14. The molecule has 1 saturated heterocycles. The molecule has 0 saturated carbocycles. The second-order valence-electron chi connectivity index (χ2n) is 2.95. The molecule has 1 aromatic heterocycles. The first-order valence-corrected chi connectivity index (χ1v) is 3.83. The van der Waals surface area contributed by atoms with Crippen LogP contribution in [0.2, 0.25) is 0 Å². The van der Waals surface area contributed by atoms with E-state index in [0.29, 0.717) is 6.04 Å². The van der Waals surface area contributed by atoms with Crippen molar-refractivity contribution in [3.63, 3.8) is 0 Å². The Bertz CT molecular complexity index is 218. The number of imidazole rings is 1. The summed E-state index contributed by atoms with van der Waals surface area (Å²) >= 11 is 0. The molecule has 1 aliphatic heterocycles. The van der Waals surface area contributed by atoms with E-state index in [1.807, 2.05) is 17.5 Å². The number of hydrazine groups is 1. The molecule has 4 nitrogen and oxygen atoms in total. The van der Waals surface area contributed by atoms with Gasteiger partial charge in [0.2, 0.25) is 0 Å². The molecule has 1 atom stereocenters. The summed E-state index contributed by atoms with van der Waals surface area (Å²) in [5.41, 5.74) is 0. The van der Waals surface area contributed by atoms with Gasteiger partial charge < -0.3 is 4.57 Å². The molecular weight excluding hydrogens is 140 g/mol. The molecule has 11 heavy (non-hydrogen) atoms. The zero-order chi connectivity index (χ0) is 7.68. The van der Waals surface area contributed by atoms with E-state index in [1.165, 1.54) is 0 Å². The zero-order valence-electron chi connectivity index (χ0n) is 6.35. The Morgan fingerprint density at radius 1 is 1.55 bits per heavy atom. The fourth-order valence-electron chi connectivity index (χ4n) is 1.50. The van der Waals surface area contributed by atoms with Gasteiger partial charge in [-0.3, -0.25) is 5.84 Å². The van der Waals surface area contributed by atoms with Gasteiger partial charge in [0.1, 0.15) is 0 Å². The van der Waals surface area contributed by atoms with Crippen LogP contribution in [0.5, 0.6) is 0 Å². The first-order valence-electron chi connectivity index (χ1n) is 3.83. The molecule has 2 heterocycles. The quantitative estimate of drug-likeness (QED) is 0.576. The van der Waals surface area contributed by atoms with Gasteiger partial charge in [0.05, 0.1) is 6.33 Å². The van der Waals surface area contributed by atoms with Gasteiger partial charge in [-0.05, 0) is 6.42 Å². The third-order valence-electron chi connectivity index (χ3n) is 2.14. The van der Waals surface area contributed by atoms with Crippen LogP contribution in [0.3, 0.4) is 0 Å². The Balaban J connectivity index is 2.08. The number of aromatic nitrogens is 2. The van der Waals surface area contributed by atoms with Crippen molar-refractivity contribution in [1.82, 2.24) is 14.6 Å². The fourth-order valence-corrected chi connectivity index (χ4v) is 1.50. The van der Waals surface area contributed by atoms with Crippen LogP contribution in [0, 0.1) is 0 Å². The van der Waals surface area contributed by atoms with Gasteiger partial charge in [-0.15, -0.1) is 0 Å². The lowest BCUT2D eigenvalue weighted by Gasteiger charge is -2.10. The van der Waals surface area contributed by atoms with Crippen LogP contribution in [0.15, 0.2) is 18.7 Å². The molecule has 2 rings (SSSR count). The summed E-state index contributed by atoms with van der Waals surface area (Å²) in [6.07, 6.45) is 6.78. The van der Waals surface area contributed by atoms with E-state index in [4.69, 9.17) is 5.84 Å². The fraction of sp³-hybridized carbons (Fsp3) is 0.571. The summed E-state index contributed by atoms with van der Waals surface area (Å²) in [5, 5.41) is 1.85. The van der Waals surface area contributed by atoms with Crippen molar-refractivity contribution in [3.8, 4) is 0 Å². The lowest BCUT2D eigenvalue weighted by molar-refractivity contribution is 0.337. The maximum Gasteiger partial charge on any atom is 0.0948 e. The topological polar surface area (TPSA) is 47.1 Å². The van der Waals surface area contributed by atoms with Crippen LogP contribution in [0.4, 0.5) is 0 Å². The number of rotatable bonds is 1. The first-order chi connectivity index (χ1) is 5.36. The third kappa shape index (κ3) is 1.27. The van der Waals surface area contributed by atoms with Crippen molar-refractivity contribution >= 4 is 0 Å². The van der Waals surface area contributed by atoms with Crippen molar-refractivity contribution < 1.29 is 0 Å². The van der Waals surface area contributed by atoms with Crippen molar-refractivity contribution in [2.24, 2.45) is 5.84 Å². The molecular formula is C7H12N4. The van der Waals surface area contributed by atoms with Gasteiger partial charge in [-0.25, -0.2) is 9.99 Å². The van der Waals surface area contributed by atoms with Gasteiger partial charge in [0.15, 0.2) is 0 Å². The highest BCUT2D eigenvalue weighted by Gasteiger charge is 2.20. The van der Waals surface area contributed by atoms with E-state index in [1.54, 1.807) is 6.20 Å². The van der Waals surface area contributed by atoms with Crippen LogP contribution >= 0.6 is 0 Å². The molecule has 0 radical (unpaired) electrons. The highest BCUT2D eigenvalue weighted by Crippen LogP contribution is 2.17. The number of hydrogen-bond donors (Lipinski definition) is 1. The van der Waals surface area contributed by atoms with Crippen molar-refractivity contribution in [1.29, 1.82) is 0 Å². The Morgan fingerprint density at radius 2 is 2.45 bits per heavy atom. The van der Waals surface area contributed by atoms with Crippen LogP contribution in [0.1, 0.15) is 12.5 Å². The van der Waals surface area contributed by atoms with E-state index in [0.717, 1.165) is 19.5 Å². The van der Waals surface area contributed by atoms with E-state index in [9.17, 15) is 0 Å². The largest absolute Gasteiger partial charge is 0.333 e. The lowest BCUT2D eigenvalue weighted by Crippen LogP contribution is -2.28. The summed E-state index contributed by atoms with van der Waals surface area (Å²) in [4.78, 5) is 4.00. The zero-order valence-corrected chi connectivity index (χ0v) is 6.35. The van der Waals surface area contributed by atoms with Gasteiger partial charge in [0.25, 0.3) is 0 Å². The lowest BCUT2D eigenvalue weighted by atomic mass is 10.3. The second kappa shape index (κ2) is 2.64. The Hall–Kier alpha value is -0.870. The van der Waals surface area contributed by atoms with Gasteiger partial charge in [0, 0.05) is 31.5 Å². The first kappa shape index (κ1) is 6.82. The molecule has 0 aliphatic carbocycles. The normalized spacial score (nSPS) is 26.1. The molecule has 60 valence electrons. The van der Waals surface area contributed by atoms with E-state index < -0.39 is 0 Å². The highest BCUT2D eigenvalue weighted by atomic mass is 15.4. The minimum atomic E-state index is 0.530. The molecule has 1 fully saturated rings. The molecule has 1 unspecified atom stereocenters. The van der Waals surface area contributed by atoms with Gasteiger partial charge >= 0.3 is 0 Å². The van der Waals surface area contributed by atoms with Crippen LogP contribution in [-0.2, 0) is 0 Å². The molecule has 2 N–H and O–H groups in total. The molecule has 4 heteroatoms. The molecule has 1 aromatic rings. The average Bonchev–Trinajstić information content (AvgIpc) is 2.55. The smallest absolute Gasteiger partial charge is 0.0948 e. The Morgan fingerprint density at radius 3 is 3.00 bits per heavy atom. The standard InChI is InChI=1S/C7H12N4/c8-11-3-1-7(5-11)10-4-2-9-6-10/h2,4,6-7H,1,3,5,8H2. The summed E-state index contributed by atoms with van der Waals surface area (Å²) in [6.45, 7) is 1.93. The van der Waals surface area contributed by atoms with Gasteiger partial charge in [-0.1, -0.05) is 0 Å². The highest BCUT2D eigenvalue weighted by molar-refractivity contribution is 4.84. The molecule has 0 aromatic carbocycles. The van der Waals surface area contributed by atoms with Crippen molar-refractivity contribution in [2.45, 2.75) is 12.5 Å². The van der Waals surface area contributed by atoms with Crippen molar-refractivity contribution in [2.75, 3.05) is 13.1 Å². The number of nitrogens with two attached hydrogens (primary N) is 1. The molecule has 0 amide bonds. The van der Waals surface area contributed by atoms with E-state index in [2.05, 4.69) is 9.55 Å². The van der Waals surface area contributed by atoms with Gasteiger partial charge in [-0.2, -0.15) is 0 Å². The predicted octanol–water partition coefficient (Wildman–Crippen LogP) is 0.00360. The average molecular weight is 152 g/mol. The molecule has 0 bridgehead atoms. The van der Waals surface area contributed by atoms with Crippen molar-refractivity contribution in [3.05, 3.63) is 18.7 Å². The van der Waals surface area contributed by atoms with E-state index in [-0.39, 0.29) is 0 Å².